The summed E-state index contributed by atoms with van der Waals surface area (Å²) in [6.45, 7) is -0.469. The van der Waals surface area contributed by atoms with Crippen molar-refractivity contribution >= 4 is 29.0 Å². The van der Waals surface area contributed by atoms with E-state index in [0.717, 1.165) is 11.1 Å². The first kappa shape index (κ1) is 30.7. The van der Waals surface area contributed by atoms with Gasteiger partial charge in [-0.25, -0.2) is 19.7 Å². The number of carbonyl (C=O) groups is 2. The molecule has 2 amide bonds. The van der Waals surface area contributed by atoms with Crippen LogP contribution in [0, 0.1) is 0 Å². The number of amides is 2. The fourth-order valence-corrected chi connectivity index (χ4v) is 5.04. The van der Waals surface area contributed by atoms with Crippen LogP contribution in [0.2, 0.25) is 0 Å². The highest BCUT2D eigenvalue weighted by molar-refractivity contribution is 5.86. The molecule has 1 aliphatic rings. The third kappa shape index (κ3) is 6.72. The van der Waals surface area contributed by atoms with E-state index in [2.05, 4.69) is 25.6 Å². The molecule has 4 aromatic rings. The number of methoxy groups -OCH3 is 1. The Kier molecular flexibility index (Phi) is 9.53. The number of aromatic nitrogens is 4. The molecule has 0 bridgehead atoms. The number of nitrogens with one attached hydrogen (secondary N) is 2. The maximum atomic E-state index is 13.7. The van der Waals surface area contributed by atoms with E-state index < -0.39 is 49.1 Å². The maximum Gasteiger partial charge on any atom is 0.408 e. The highest BCUT2D eigenvalue weighted by Crippen LogP contribution is 2.32. The first-order valence-corrected chi connectivity index (χ1v) is 14.0. The minimum absolute atomic E-state index is 0.0188. The smallest absolute Gasteiger partial charge is 0.408 e. The number of ether oxygens (including phenoxy) is 3. The van der Waals surface area contributed by atoms with Gasteiger partial charge in [0.2, 0.25) is 5.91 Å². The van der Waals surface area contributed by atoms with Crippen LogP contribution in [0.5, 0.6) is 5.75 Å². The third-order valence-corrected chi connectivity index (χ3v) is 7.32. The van der Waals surface area contributed by atoms with Gasteiger partial charge in [0.1, 0.15) is 36.9 Å². The fourth-order valence-electron chi connectivity index (χ4n) is 5.04. The number of anilines is 1. The van der Waals surface area contributed by atoms with Gasteiger partial charge in [-0.3, -0.25) is 9.36 Å². The molecule has 4 N–H and O–H groups in total. The van der Waals surface area contributed by atoms with E-state index in [1.54, 1.807) is 36.3 Å². The lowest BCUT2D eigenvalue weighted by atomic mass is 10.0. The lowest BCUT2D eigenvalue weighted by Crippen LogP contribution is -2.55. The quantitative estimate of drug-likeness (QED) is 0.193. The van der Waals surface area contributed by atoms with E-state index in [-0.39, 0.29) is 13.0 Å². The van der Waals surface area contributed by atoms with Crippen LogP contribution in [-0.4, -0.2) is 93.8 Å². The van der Waals surface area contributed by atoms with E-state index in [1.165, 1.54) is 17.2 Å². The van der Waals surface area contributed by atoms with Gasteiger partial charge in [-0.15, -0.1) is 0 Å². The molecule has 0 radical (unpaired) electrons. The summed E-state index contributed by atoms with van der Waals surface area (Å²) in [6.07, 6.45) is -1.10. The van der Waals surface area contributed by atoms with Crippen molar-refractivity contribution in [3.05, 3.63) is 78.4 Å². The molecule has 3 heterocycles. The van der Waals surface area contributed by atoms with Crippen molar-refractivity contribution in [1.29, 1.82) is 0 Å². The number of hydrogen-bond acceptors (Lipinski definition) is 11. The van der Waals surface area contributed by atoms with Crippen LogP contribution >= 0.6 is 0 Å². The molecule has 0 aliphatic carbocycles. The van der Waals surface area contributed by atoms with Gasteiger partial charge in [0, 0.05) is 20.5 Å². The molecule has 5 rings (SSSR count). The molecule has 44 heavy (non-hydrogen) atoms. The lowest BCUT2D eigenvalue weighted by Gasteiger charge is -2.25. The highest BCUT2D eigenvalue weighted by Gasteiger charge is 2.46. The molecule has 2 aromatic carbocycles. The Balaban J connectivity index is 1.33. The second-order valence-corrected chi connectivity index (χ2v) is 10.5. The summed E-state index contributed by atoms with van der Waals surface area (Å²) in [4.78, 5) is 41.2. The van der Waals surface area contributed by atoms with Gasteiger partial charge in [0.05, 0.1) is 26.1 Å². The van der Waals surface area contributed by atoms with Crippen LogP contribution in [0.3, 0.4) is 0 Å². The molecular weight excluding hydrogens is 570 g/mol. The molecule has 1 fully saturated rings. The number of rotatable bonds is 11. The molecule has 1 saturated heterocycles. The Morgan fingerprint density at radius 1 is 1.07 bits per heavy atom. The summed E-state index contributed by atoms with van der Waals surface area (Å²) in [5, 5.41) is 26.9. The average Bonchev–Trinajstić information content (AvgIpc) is 3.60. The van der Waals surface area contributed by atoms with Crippen molar-refractivity contribution in [2.45, 2.75) is 43.5 Å². The van der Waals surface area contributed by atoms with E-state index in [1.807, 2.05) is 44.4 Å². The van der Waals surface area contributed by atoms with Gasteiger partial charge in [-0.1, -0.05) is 42.5 Å². The summed E-state index contributed by atoms with van der Waals surface area (Å²) in [5.74, 6) is 0.622. The van der Waals surface area contributed by atoms with Crippen molar-refractivity contribution in [3.8, 4) is 5.75 Å². The largest absolute Gasteiger partial charge is 0.497 e. The van der Waals surface area contributed by atoms with Crippen molar-refractivity contribution in [2.24, 2.45) is 0 Å². The van der Waals surface area contributed by atoms with Crippen LogP contribution < -0.4 is 20.3 Å². The van der Waals surface area contributed by atoms with Crippen LogP contribution in [-0.2, 0) is 27.3 Å². The summed E-state index contributed by atoms with van der Waals surface area (Å²) in [7, 11) is 5.20. The van der Waals surface area contributed by atoms with Gasteiger partial charge in [-0.2, -0.15) is 0 Å². The Hall–Kier alpha value is -4.79. The summed E-state index contributed by atoms with van der Waals surface area (Å²) >= 11 is 0. The first-order chi connectivity index (χ1) is 21.3. The molecule has 14 heteroatoms. The van der Waals surface area contributed by atoms with E-state index in [9.17, 15) is 19.8 Å². The minimum atomic E-state index is -1.29. The van der Waals surface area contributed by atoms with Gasteiger partial charge >= 0.3 is 6.09 Å². The van der Waals surface area contributed by atoms with Crippen molar-refractivity contribution < 1.29 is 34.0 Å². The van der Waals surface area contributed by atoms with Crippen LogP contribution in [0.15, 0.2) is 67.3 Å². The SMILES string of the molecule is COc1ccc(C[C@H](NC(=O)OCc2ccccc2)C(=O)N[C@@H]2[C@H](O)[C@@H](n3cnc4c(N(C)C)ncnc43)O[C@H]2CO)cc1. The predicted molar refractivity (Wildman–Crippen MR) is 159 cm³/mol. The molecule has 1 aliphatic heterocycles. The van der Waals surface area contributed by atoms with Crippen molar-refractivity contribution in [3.63, 3.8) is 0 Å². The molecular formula is C30H35N7O7. The maximum absolute atomic E-state index is 13.7. The second kappa shape index (κ2) is 13.7. The Morgan fingerprint density at radius 3 is 2.50 bits per heavy atom. The number of aliphatic hydroxyl groups excluding tert-OH is 2. The summed E-state index contributed by atoms with van der Waals surface area (Å²) in [5.41, 5.74) is 2.45. The highest BCUT2D eigenvalue weighted by atomic mass is 16.6. The standard InChI is InChI=1S/C30H35N7O7/c1-36(2)26-24-27(32-16-31-26)37(17-33-24)29-25(39)23(22(14-38)44-29)35-28(40)21(13-18-9-11-20(42-3)12-10-18)34-30(41)43-15-19-7-5-4-6-8-19/h4-12,16-17,21-23,25,29,38-39H,13-15H2,1-3H3,(H,34,41)(H,35,40)/t21-,22-,23-,25-,29-/m0/s1. The summed E-state index contributed by atoms with van der Waals surface area (Å²) < 4.78 is 18.1. The van der Waals surface area contributed by atoms with Crippen molar-refractivity contribution in [1.82, 2.24) is 30.2 Å². The lowest BCUT2D eigenvalue weighted by molar-refractivity contribution is -0.124. The number of imidazole rings is 1. The molecule has 5 atom stereocenters. The first-order valence-electron chi connectivity index (χ1n) is 14.0. The van der Waals surface area contributed by atoms with Gasteiger partial charge in [-0.05, 0) is 23.3 Å². The zero-order valence-electron chi connectivity index (χ0n) is 24.5. The predicted octanol–water partition coefficient (Wildman–Crippen LogP) is 1.17. The van der Waals surface area contributed by atoms with Crippen LogP contribution in [0.1, 0.15) is 17.4 Å². The van der Waals surface area contributed by atoms with E-state index in [4.69, 9.17) is 14.2 Å². The number of nitrogens with zero attached hydrogens (tertiary/aromatic N) is 5. The fraction of sp³-hybridized carbons (Fsp3) is 0.367. The number of aliphatic hydroxyl groups is 2. The molecule has 0 unspecified atom stereocenters. The minimum Gasteiger partial charge on any atom is -0.497 e. The molecule has 0 spiro atoms. The molecule has 232 valence electrons. The molecule has 14 nitrogen and oxygen atoms in total. The normalized spacial score (nSPS) is 20.2. The topological polar surface area (TPSA) is 173 Å². The van der Waals surface area contributed by atoms with E-state index >= 15 is 0 Å². The summed E-state index contributed by atoms with van der Waals surface area (Å²) in [6, 6.07) is 14.1. The Morgan fingerprint density at radius 2 is 1.82 bits per heavy atom. The Bertz CT molecular complexity index is 1570. The number of hydrogen-bond donors (Lipinski definition) is 4. The zero-order valence-corrected chi connectivity index (χ0v) is 24.5. The third-order valence-electron chi connectivity index (χ3n) is 7.32. The average molecular weight is 606 g/mol. The van der Waals surface area contributed by atoms with E-state index in [0.29, 0.717) is 22.7 Å². The van der Waals surface area contributed by atoms with Gasteiger partial charge in [0.15, 0.2) is 23.2 Å². The molecule has 2 aromatic heterocycles. The monoisotopic (exact) mass is 605 g/mol. The van der Waals surface area contributed by atoms with Crippen LogP contribution in [0.25, 0.3) is 11.2 Å². The van der Waals surface area contributed by atoms with Gasteiger partial charge < -0.3 is 40.0 Å². The number of benzene rings is 2. The van der Waals surface area contributed by atoms with Crippen LogP contribution in [0.4, 0.5) is 10.6 Å². The number of fused-ring (bicyclic) bond motifs is 1. The zero-order chi connectivity index (χ0) is 31.2. The number of alkyl carbamates (subject to hydrolysis) is 1. The van der Waals surface area contributed by atoms with Crippen molar-refractivity contribution in [2.75, 3.05) is 32.7 Å². The Labute approximate surface area is 253 Å². The number of carbonyl (C=O) groups excluding carboxylic acids is 2. The molecule has 0 saturated carbocycles. The second-order valence-electron chi connectivity index (χ2n) is 10.5. The van der Waals surface area contributed by atoms with Gasteiger partial charge in [0.25, 0.3) is 0 Å².